The first-order chi connectivity index (χ1) is 11.8. The fraction of sp³-hybridized carbons (Fsp3) is 0.267. The molecule has 1 aromatic heterocycles. The summed E-state index contributed by atoms with van der Waals surface area (Å²) in [7, 11) is -3.48. The topological polar surface area (TPSA) is 96.6 Å². The third-order valence-corrected chi connectivity index (χ3v) is 6.66. The van der Waals surface area contributed by atoms with Gasteiger partial charge in [0.1, 0.15) is 4.21 Å². The highest BCUT2D eigenvalue weighted by Crippen LogP contribution is 2.25. The van der Waals surface area contributed by atoms with Crippen LogP contribution in [-0.4, -0.2) is 27.5 Å². The number of sulfonamides is 1. The highest BCUT2D eigenvalue weighted by molar-refractivity contribution is 14.0. The second-order valence-electron chi connectivity index (χ2n) is 5.13. The number of hydrogen-bond acceptors (Lipinski definition) is 4. The third-order valence-electron chi connectivity index (χ3n) is 3.24. The number of benzene rings is 1. The van der Waals surface area contributed by atoms with Crippen LogP contribution in [0.4, 0.5) is 0 Å². The van der Waals surface area contributed by atoms with E-state index < -0.39 is 10.0 Å². The number of hydrogen-bond donors (Lipinski definition) is 3. The zero-order chi connectivity index (χ0) is 18.4. The molecular weight excluding hydrogens is 530 g/mol. The zero-order valence-corrected chi connectivity index (χ0v) is 19.3. The molecule has 0 bridgehead atoms. The van der Waals surface area contributed by atoms with Gasteiger partial charge < -0.3 is 11.1 Å². The highest BCUT2D eigenvalue weighted by atomic mass is 127. The van der Waals surface area contributed by atoms with Crippen LogP contribution in [0.25, 0.3) is 0 Å². The van der Waals surface area contributed by atoms with E-state index in [1.807, 2.05) is 13.0 Å². The maximum atomic E-state index is 11.9. The summed E-state index contributed by atoms with van der Waals surface area (Å²) in [6.45, 7) is 2.25. The normalized spacial score (nSPS) is 13.1. The Labute approximate surface area is 184 Å². The van der Waals surface area contributed by atoms with Gasteiger partial charge in [-0.2, -0.15) is 0 Å². The lowest BCUT2D eigenvalue weighted by molar-refractivity contribution is 0.584. The number of nitrogens with zero attached hydrogens (tertiary/aromatic N) is 1. The van der Waals surface area contributed by atoms with Gasteiger partial charge in [-0.25, -0.2) is 13.1 Å². The molecule has 0 radical (unpaired) electrons. The van der Waals surface area contributed by atoms with Gasteiger partial charge >= 0.3 is 0 Å². The lowest BCUT2D eigenvalue weighted by Gasteiger charge is -2.16. The van der Waals surface area contributed by atoms with E-state index >= 15 is 0 Å². The molecule has 144 valence electrons. The Balaban J connectivity index is 0.00000338. The van der Waals surface area contributed by atoms with E-state index in [4.69, 9.17) is 28.9 Å². The molecule has 1 unspecified atom stereocenters. The fourth-order valence-corrected chi connectivity index (χ4v) is 4.67. The molecule has 0 fully saturated rings. The van der Waals surface area contributed by atoms with E-state index in [9.17, 15) is 8.42 Å². The average Bonchev–Trinajstić information content (AvgIpc) is 3.06. The Bertz CT molecular complexity index is 845. The van der Waals surface area contributed by atoms with Crippen molar-refractivity contribution in [3.8, 4) is 0 Å². The Kier molecular flexibility index (Phi) is 9.62. The predicted octanol–water partition coefficient (Wildman–Crippen LogP) is 3.62. The van der Waals surface area contributed by atoms with Crippen LogP contribution in [0.15, 0.2) is 44.9 Å². The van der Waals surface area contributed by atoms with Crippen LogP contribution in [0.1, 0.15) is 18.5 Å². The minimum atomic E-state index is -3.48. The van der Waals surface area contributed by atoms with Crippen molar-refractivity contribution in [3.63, 3.8) is 0 Å². The van der Waals surface area contributed by atoms with Crippen molar-refractivity contribution >= 4 is 74.5 Å². The minimum Gasteiger partial charge on any atom is -0.370 e. The molecule has 0 aliphatic carbocycles. The molecule has 2 rings (SSSR count). The van der Waals surface area contributed by atoms with E-state index in [0.717, 1.165) is 16.9 Å². The molecule has 26 heavy (non-hydrogen) atoms. The molecule has 4 N–H and O–H groups in total. The average molecular weight is 549 g/mol. The van der Waals surface area contributed by atoms with Gasteiger partial charge in [0.25, 0.3) is 0 Å². The van der Waals surface area contributed by atoms with Crippen LogP contribution in [0.3, 0.4) is 0 Å². The molecule has 0 saturated carbocycles. The lowest BCUT2D eigenvalue weighted by atomic mass is 10.1. The van der Waals surface area contributed by atoms with Gasteiger partial charge in [0.05, 0.1) is 12.6 Å². The maximum Gasteiger partial charge on any atom is 0.250 e. The number of nitrogens with two attached hydrogens (primary N) is 1. The summed E-state index contributed by atoms with van der Waals surface area (Å²) in [5.74, 6) is 0.203. The molecule has 0 spiro atoms. The summed E-state index contributed by atoms with van der Waals surface area (Å²) >= 11 is 13.2. The van der Waals surface area contributed by atoms with E-state index in [1.165, 1.54) is 0 Å². The van der Waals surface area contributed by atoms with Crippen LogP contribution in [0.5, 0.6) is 0 Å². The molecule has 1 heterocycles. The quantitative estimate of drug-likeness (QED) is 0.213. The Morgan fingerprint density at radius 1 is 1.35 bits per heavy atom. The van der Waals surface area contributed by atoms with Crippen LogP contribution in [0.2, 0.25) is 10.0 Å². The van der Waals surface area contributed by atoms with Crippen LogP contribution < -0.4 is 15.8 Å². The van der Waals surface area contributed by atoms with Crippen molar-refractivity contribution in [1.29, 1.82) is 0 Å². The van der Waals surface area contributed by atoms with Gasteiger partial charge in [-0.1, -0.05) is 35.3 Å². The van der Waals surface area contributed by atoms with Crippen molar-refractivity contribution in [3.05, 3.63) is 51.3 Å². The van der Waals surface area contributed by atoms with Gasteiger partial charge in [-0.3, -0.25) is 4.99 Å². The molecule has 0 aliphatic rings. The first-order valence-corrected chi connectivity index (χ1v) is 10.5. The van der Waals surface area contributed by atoms with E-state index in [-0.39, 0.29) is 53.3 Å². The SMILES string of the molecule is CC(NC(N)=NCCNS(=O)(=O)c1cccs1)c1ccc(Cl)cc1Cl.I. The number of aliphatic imine (C=N–C) groups is 1. The number of rotatable bonds is 7. The second kappa shape index (κ2) is 10.7. The predicted molar refractivity (Wildman–Crippen MR) is 119 cm³/mol. The van der Waals surface area contributed by atoms with Crippen LogP contribution >= 0.6 is 58.5 Å². The third kappa shape index (κ3) is 6.86. The van der Waals surface area contributed by atoms with Crippen molar-refractivity contribution in [2.45, 2.75) is 17.2 Å². The van der Waals surface area contributed by atoms with Gasteiger partial charge in [-0.15, -0.1) is 35.3 Å². The minimum absolute atomic E-state index is 0. The first-order valence-electron chi connectivity index (χ1n) is 7.34. The number of halogens is 3. The van der Waals surface area contributed by atoms with Crippen LogP contribution in [0, 0.1) is 0 Å². The molecule has 1 aromatic carbocycles. The smallest absolute Gasteiger partial charge is 0.250 e. The summed E-state index contributed by atoms with van der Waals surface area (Å²) in [4.78, 5) is 4.11. The van der Waals surface area contributed by atoms with Gasteiger partial charge in [0.2, 0.25) is 10.0 Å². The number of nitrogens with one attached hydrogen (secondary N) is 2. The molecule has 0 saturated heterocycles. The van der Waals surface area contributed by atoms with Crippen molar-refractivity contribution in [2.24, 2.45) is 10.7 Å². The molecule has 6 nitrogen and oxygen atoms in total. The van der Waals surface area contributed by atoms with Crippen molar-refractivity contribution in [2.75, 3.05) is 13.1 Å². The largest absolute Gasteiger partial charge is 0.370 e. The standard InChI is InChI=1S/C15H18Cl2N4O2S2.HI/c1-10(12-5-4-11(16)9-13(12)17)21-15(18)19-6-7-20-25(22,23)14-3-2-8-24-14;/h2-5,8-10,20H,6-7H2,1H3,(H3,18,19,21);1H. The zero-order valence-electron chi connectivity index (χ0n) is 13.8. The van der Waals surface area contributed by atoms with Gasteiger partial charge in [0.15, 0.2) is 5.96 Å². The lowest BCUT2D eigenvalue weighted by Crippen LogP contribution is -2.35. The molecule has 2 aromatic rings. The summed E-state index contributed by atoms with van der Waals surface area (Å²) in [6, 6.07) is 8.27. The summed E-state index contributed by atoms with van der Waals surface area (Å²) in [5.41, 5.74) is 6.67. The van der Waals surface area contributed by atoms with E-state index in [2.05, 4.69) is 15.0 Å². The Morgan fingerprint density at radius 3 is 2.69 bits per heavy atom. The van der Waals surface area contributed by atoms with Crippen molar-refractivity contribution < 1.29 is 8.42 Å². The molecule has 11 heteroatoms. The maximum absolute atomic E-state index is 11.9. The summed E-state index contributed by atoms with van der Waals surface area (Å²) < 4.78 is 26.6. The molecule has 0 amide bonds. The highest BCUT2D eigenvalue weighted by Gasteiger charge is 2.14. The summed E-state index contributed by atoms with van der Waals surface area (Å²) in [5, 5.41) is 5.80. The number of guanidine groups is 1. The van der Waals surface area contributed by atoms with E-state index in [1.54, 1.807) is 29.6 Å². The Hall–Kier alpha value is -0.590. The number of thiophene rings is 1. The molecular formula is C15H19Cl2IN4O2S2. The fourth-order valence-electron chi connectivity index (χ4n) is 2.04. The van der Waals surface area contributed by atoms with Gasteiger partial charge in [-0.05, 0) is 36.1 Å². The van der Waals surface area contributed by atoms with Gasteiger partial charge in [0, 0.05) is 16.6 Å². The Morgan fingerprint density at radius 2 is 2.08 bits per heavy atom. The summed E-state index contributed by atoms with van der Waals surface area (Å²) in [6.07, 6.45) is 0. The van der Waals surface area contributed by atoms with Crippen molar-refractivity contribution in [1.82, 2.24) is 10.0 Å². The van der Waals surface area contributed by atoms with E-state index in [0.29, 0.717) is 10.0 Å². The van der Waals surface area contributed by atoms with Crippen LogP contribution in [-0.2, 0) is 10.0 Å². The monoisotopic (exact) mass is 548 g/mol. The molecule has 0 aliphatic heterocycles. The second-order valence-corrected chi connectivity index (χ2v) is 8.91. The first kappa shape index (κ1) is 23.4. The molecule has 1 atom stereocenters.